The highest BCUT2D eigenvalue weighted by Gasteiger charge is 2.78. The van der Waals surface area contributed by atoms with E-state index in [4.69, 9.17) is 18.4 Å². The molecule has 0 aromatic carbocycles. The molecule has 9 heteroatoms. The highest BCUT2D eigenvalue weighted by Crippen LogP contribution is 2.71. The molecule has 1 N–H and O–H groups in total. The topological polar surface area (TPSA) is 108 Å². The second-order valence-corrected chi connectivity index (χ2v) is 10.4. The van der Waals surface area contributed by atoms with Crippen LogP contribution >= 0.6 is 0 Å². The van der Waals surface area contributed by atoms with E-state index in [1.165, 1.54) is 0 Å². The number of carbonyl (C=O) groups is 2. The van der Waals surface area contributed by atoms with Gasteiger partial charge in [0.15, 0.2) is 0 Å². The Bertz CT molecular complexity index is 709. The van der Waals surface area contributed by atoms with Crippen molar-refractivity contribution in [1.29, 1.82) is 0 Å². The normalized spacial score (nSPS) is 38.9. The Morgan fingerprint density at radius 1 is 1.13 bits per heavy atom. The van der Waals surface area contributed by atoms with Crippen LogP contribution in [0.25, 0.3) is 0 Å². The predicted octanol–water partition coefficient (Wildman–Crippen LogP) is 4.10. The summed E-state index contributed by atoms with van der Waals surface area (Å²) in [6.45, 7) is 14.9. The van der Waals surface area contributed by atoms with Gasteiger partial charge in [0, 0.05) is 5.41 Å². The van der Waals surface area contributed by atoms with Gasteiger partial charge in [0.1, 0.15) is 24.4 Å². The second-order valence-electron chi connectivity index (χ2n) is 9.83. The number of hydrogen-bond acceptors (Lipinski definition) is 7. The summed E-state index contributed by atoms with van der Waals surface area (Å²) < 4.78 is 42.6. The SMILES string of the molecule is CCC(C)(C)C(=O)OCCOC(=O)OC1(C)C(C)(OS(=O)O)C2CC(C)C1(C)C2C. The molecule has 2 aliphatic rings. The molecule has 2 rings (SSSR count). The molecule has 30 heavy (non-hydrogen) atoms. The molecule has 0 saturated heterocycles. The summed E-state index contributed by atoms with van der Waals surface area (Å²) in [6, 6.07) is 0. The standard InChI is InChI=1S/C21H36O8S/c1-9-18(4,5)16(22)26-10-11-27-17(23)28-21(8)19(6)13(2)12-15(14(19)3)20(21,7)29-30(24)25/h13-15H,9-12H2,1-8H3,(H,24,25). The smallest absolute Gasteiger partial charge is 0.462 e. The fraction of sp³-hybridized carbons (Fsp3) is 0.905. The molecule has 0 aromatic rings. The van der Waals surface area contributed by atoms with Crippen molar-refractivity contribution in [3.8, 4) is 0 Å². The number of esters is 1. The van der Waals surface area contributed by atoms with E-state index in [1.54, 1.807) is 27.7 Å². The molecular weight excluding hydrogens is 412 g/mol. The molecule has 0 amide bonds. The zero-order chi connectivity index (χ0) is 23.1. The first-order valence-electron chi connectivity index (χ1n) is 10.5. The van der Waals surface area contributed by atoms with Gasteiger partial charge in [-0.1, -0.05) is 27.7 Å². The Morgan fingerprint density at radius 2 is 1.70 bits per heavy atom. The fourth-order valence-corrected chi connectivity index (χ4v) is 6.07. The quantitative estimate of drug-likeness (QED) is 0.336. The Kier molecular flexibility index (Phi) is 7.01. The van der Waals surface area contributed by atoms with Gasteiger partial charge in [-0.05, 0) is 58.3 Å². The monoisotopic (exact) mass is 448 g/mol. The summed E-state index contributed by atoms with van der Waals surface area (Å²) in [5, 5.41) is 0. The molecule has 8 nitrogen and oxygen atoms in total. The van der Waals surface area contributed by atoms with Gasteiger partial charge >= 0.3 is 23.5 Å². The van der Waals surface area contributed by atoms with Crippen LogP contribution in [0, 0.1) is 28.6 Å². The van der Waals surface area contributed by atoms with Crippen molar-refractivity contribution >= 4 is 23.5 Å². The highest BCUT2D eigenvalue weighted by molar-refractivity contribution is 7.74. The van der Waals surface area contributed by atoms with Gasteiger partial charge in [-0.25, -0.2) is 4.79 Å². The number of rotatable bonds is 8. The van der Waals surface area contributed by atoms with Crippen molar-refractivity contribution in [2.75, 3.05) is 13.2 Å². The molecule has 0 spiro atoms. The lowest BCUT2D eigenvalue weighted by Gasteiger charge is -2.53. The maximum Gasteiger partial charge on any atom is 0.509 e. The van der Waals surface area contributed by atoms with Crippen molar-refractivity contribution in [2.45, 2.75) is 79.4 Å². The molecule has 174 valence electrons. The van der Waals surface area contributed by atoms with E-state index < -0.39 is 39.5 Å². The zero-order valence-electron chi connectivity index (χ0n) is 19.3. The summed E-state index contributed by atoms with van der Waals surface area (Å²) in [7, 11) is 0. The van der Waals surface area contributed by atoms with Crippen LogP contribution in [0.2, 0.25) is 0 Å². The predicted molar refractivity (Wildman–Crippen MR) is 111 cm³/mol. The van der Waals surface area contributed by atoms with Crippen LogP contribution in [-0.4, -0.2) is 45.3 Å². The maximum atomic E-state index is 12.5. The first kappa shape index (κ1) is 25.1. The van der Waals surface area contributed by atoms with Crippen molar-refractivity contribution in [1.82, 2.24) is 0 Å². The van der Waals surface area contributed by atoms with Gasteiger partial charge in [-0.2, -0.15) is 4.21 Å². The van der Waals surface area contributed by atoms with Crippen molar-refractivity contribution in [3.63, 3.8) is 0 Å². The lowest BCUT2D eigenvalue weighted by Crippen LogP contribution is -2.63. The maximum absolute atomic E-state index is 12.5. The van der Waals surface area contributed by atoms with Crippen LogP contribution in [0.3, 0.4) is 0 Å². The van der Waals surface area contributed by atoms with E-state index in [0.717, 1.165) is 6.42 Å². The molecule has 0 aliphatic heterocycles. The summed E-state index contributed by atoms with van der Waals surface area (Å²) in [5.41, 5.74) is -3.40. The Morgan fingerprint density at radius 3 is 2.23 bits per heavy atom. The lowest BCUT2D eigenvalue weighted by atomic mass is 9.61. The van der Waals surface area contributed by atoms with E-state index in [1.807, 2.05) is 13.8 Å². The molecular formula is C21H36O8S. The van der Waals surface area contributed by atoms with Crippen LogP contribution < -0.4 is 0 Å². The van der Waals surface area contributed by atoms with Gasteiger partial charge < -0.3 is 14.2 Å². The van der Waals surface area contributed by atoms with E-state index in [-0.39, 0.29) is 36.9 Å². The van der Waals surface area contributed by atoms with E-state index in [0.29, 0.717) is 6.42 Å². The van der Waals surface area contributed by atoms with Crippen molar-refractivity contribution < 1.29 is 36.7 Å². The number of hydrogen-bond donors (Lipinski definition) is 1. The van der Waals surface area contributed by atoms with Gasteiger partial charge in [0.25, 0.3) is 0 Å². The van der Waals surface area contributed by atoms with E-state index >= 15 is 0 Å². The molecule has 7 unspecified atom stereocenters. The summed E-state index contributed by atoms with van der Waals surface area (Å²) in [6.07, 6.45) is 0.520. The average molecular weight is 449 g/mol. The fourth-order valence-electron chi connectivity index (χ4n) is 5.49. The van der Waals surface area contributed by atoms with Crippen LogP contribution in [0.5, 0.6) is 0 Å². The zero-order valence-corrected chi connectivity index (χ0v) is 20.1. The molecule has 2 fully saturated rings. The Hall–Kier alpha value is -1.19. The van der Waals surface area contributed by atoms with Crippen LogP contribution in [0.4, 0.5) is 4.79 Å². The summed E-state index contributed by atoms with van der Waals surface area (Å²) in [5.74, 6) is -0.0837. The Labute approximate surface area is 181 Å². The minimum absolute atomic E-state index is 0.0522. The van der Waals surface area contributed by atoms with Gasteiger partial charge in [-0.15, -0.1) is 0 Å². The van der Waals surface area contributed by atoms with E-state index in [9.17, 15) is 18.4 Å². The molecule has 2 aliphatic carbocycles. The van der Waals surface area contributed by atoms with Gasteiger partial charge in [-0.3, -0.25) is 13.5 Å². The van der Waals surface area contributed by atoms with Crippen LogP contribution in [0.1, 0.15) is 68.2 Å². The first-order valence-corrected chi connectivity index (χ1v) is 11.5. The van der Waals surface area contributed by atoms with Gasteiger partial charge in [0.05, 0.1) is 5.41 Å². The molecule has 0 radical (unpaired) electrons. The third kappa shape index (κ3) is 3.77. The first-order chi connectivity index (χ1) is 13.7. The van der Waals surface area contributed by atoms with E-state index in [2.05, 4.69) is 13.8 Å². The number of carbonyl (C=O) groups excluding carboxylic acids is 2. The minimum Gasteiger partial charge on any atom is -0.462 e. The Balaban J connectivity index is 2.08. The summed E-state index contributed by atoms with van der Waals surface area (Å²) >= 11 is -2.51. The average Bonchev–Trinajstić information content (AvgIpc) is 2.94. The summed E-state index contributed by atoms with van der Waals surface area (Å²) in [4.78, 5) is 24.5. The number of ether oxygens (including phenoxy) is 3. The second kappa shape index (κ2) is 8.39. The van der Waals surface area contributed by atoms with Crippen molar-refractivity contribution in [3.05, 3.63) is 0 Å². The highest BCUT2D eigenvalue weighted by atomic mass is 32.2. The van der Waals surface area contributed by atoms with Crippen LogP contribution in [0.15, 0.2) is 0 Å². The molecule has 2 saturated carbocycles. The van der Waals surface area contributed by atoms with Crippen molar-refractivity contribution in [2.24, 2.45) is 28.6 Å². The molecule has 7 atom stereocenters. The molecule has 0 aromatic heterocycles. The third-order valence-corrected chi connectivity index (χ3v) is 8.86. The van der Waals surface area contributed by atoms with Crippen LogP contribution in [-0.2, 0) is 34.5 Å². The van der Waals surface area contributed by atoms with Gasteiger partial charge in [0.2, 0.25) is 0 Å². The lowest BCUT2D eigenvalue weighted by molar-refractivity contribution is -0.197. The largest absolute Gasteiger partial charge is 0.509 e. The third-order valence-electron chi connectivity index (χ3n) is 8.37. The molecule has 2 bridgehead atoms. The molecule has 0 heterocycles. The minimum atomic E-state index is -2.51. The number of fused-ring (bicyclic) bond motifs is 2.